The molecule has 1 saturated heterocycles. The van der Waals surface area contributed by atoms with E-state index in [-0.39, 0.29) is 30.3 Å². The van der Waals surface area contributed by atoms with E-state index in [0.29, 0.717) is 54.3 Å². The van der Waals surface area contributed by atoms with Gasteiger partial charge in [0.1, 0.15) is 11.4 Å². The lowest BCUT2D eigenvalue weighted by Gasteiger charge is -2.44. The Balaban J connectivity index is 1.34. The normalized spacial score (nSPS) is 17.1. The van der Waals surface area contributed by atoms with E-state index in [1.54, 1.807) is 11.0 Å². The second kappa shape index (κ2) is 8.70. The van der Waals surface area contributed by atoms with Gasteiger partial charge in [-0.25, -0.2) is 0 Å². The number of Topliss-reactive ketones (excluding diaryl/α,β-unsaturated/α-hetero) is 2. The average Bonchev–Trinajstić information content (AvgIpc) is 2.76. The van der Waals surface area contributed by atoms with Gasteiger partial charge in [0.2, 0.25) is 5.91 Å². The number of benzene rings is 2. The van der Waals surface area contributed by atoms with Crippen LogP contribution in [-0.4, -0.2) is 41.1 Å². The van der Waals surface area contributed by atoms with Crippen LogP contribution in [0.4, 0.5) is 0 Å². The van der Waals surface area contributed by atoms with E-state index in [1.807, 2.05) is 45.0 Å². The van der Waals surface area contributed by atoms with E-state index >= 15 is 0 Å². The van der Waals surface area contributed by atoms with Gasteiger partial charge in [-0.2, -0.15) is 0 Å². The van der Waals surface area contributed by atoms with E-state index in [4.69, 9.17) is 16.3 Å². The molecule has 32 heavy (non-hydrogen) atoms. The van der Waals surface area contributed by atoms with Gasteiger partial charge in [0, 0.05) is 49.4 Å². The number of carbonyl (C=O) groups excluding carboxylic acids is 3. The highest BCUT2D eigenvalue weighted by Crippen LogP contribution is 2.41. The molecular weight excluding hydrogens is 426 g/mol. The van der Waals surface area contributed by atoms with E-state index in [9.17, 15) is 14.4 Å². The first-order valence-electron chi connectivity index (χ1n) is 11.1. The number of carbonyl (C=O) groups is 3. The van der Waals surface area contributed by atoms with E-state index < -0.39 is 5.60 Å². The fourth-order valence-electron chi connectivity index (χ4n) is 4.49. The second-order valence-electron chi connectivity index (χ2n) is 9.09. The number of nitrogens with zero attached hydrogens (tertiary/aromatic N) is 1. The maximum atomic E-state index is 12.7. The van der Waals surface area contributed by atoms with Crippen molar-refractivity contribution in [2.45, 2.75) is 58.5 Å². The highest BCUT2D eigenvalue weighted by atomic mass is 35.5. The maximum absolute atomic E-state index is 12.7. The lowest BCUT2D eigenvalue weighted by molar-refractivity contribution is -0.134. The van der Waals surface area contributed by atoms with Crippen molar-refractivity contribution in [2.24, 2.45) is 0 Å². The predicted molar refractivity (Wildman–Crippen MR) is 124 cm³/mol. The van der Waals surface area contributed by atoms with Gasteiger partial charge >= 0.3 is 0 Å². The van der Waals surface area contributed by atoms with Crippen molar-refractivity contribution in [1.82, 2.24) is 4.90 Å². The molecule has 0 N–H and O–H groups in total. The molecule has 2 aromatic carbocycles. The van der Waals surface area contributed by atoms with Crippen LogP contribution in [0.1, 0.15) is 69.5 Å². The zero-order valence-corrected chi connectivity index (χ0v) is 19.6. The quantitative estimate of drug-likeness (QED) is 0.593. The van der Waals surface area contributed by atoms with Crippen LogP contribution in [0, 0.1) is 20.8 Å². The van der Waals surface area contributed by atoms with Gasteiger partial charge < -0.3 is 9.64 Å². The summed E-state index contributed by atoms with van der Waals surface area (Å²) in [6, 6.07) is 9.16. The molecule has 0 bridgehead atoms. The summed E-state index contributed by atoms with van der Waals surface area (Å²) in [4.78, 5) is 39.8. The number of rotatable bonds is 4. The number of aryl methyl sites for hydroxylation is 3. The van der Waals surface area contributed by atoms with Gasteiger partial charge in [0.15, 0.2) is 11.6 Å². The highest BCUT2D eigenvalue weighted by molar-refractivity contribution is 6.31. The molecule has 1 amide bonds. The molecule has 4 rings (SSSR count). The van der Waals surface area contributed by atoms with Crippen LogP contribution in [-0.2, 0) is 4.79 Å². The van der Waals surface area contributed by atoms with E-state index in [1.165, 1.54) is 0 Å². The molecule has 1 fully saturated rings. The first-order chi connectivity index (χ1) is 15.2. The number of hydrogen-bond donors (Lipinski definition) is 0. The summed E-state index contributed by atoms with van der Waals surface area (Å²) in [7, 11) is 0. The van der Waals surface area contributed by atoms with Crippen LogP contribution in [0.3, 0.4) is 0 Å². The Kier molecular flexibility index (Phi) is 6.13. The molecular formula is C26H28ClNO4. The molecule has 0 radical (unpaired) electrons. The molecule has 2 aliphatic rings. The summed E-state index contributed by atoms with van der Waals surface area (Å²) in [5.74, 6) is 0.581. The lowest BCUT2D eigenvalue weighted by atomic mass is 9.82. The minimum atomic E-state index is -0.573. The number of halogens is 1. The Morgan fingerprint density at radius 1 is 1.00 bits per heavy atom. The third-order valence-corrected chi connectivity index (χ3v) is 7.20. The zero-order chi connectivity index (χ0) is 23.0. The average molecular weight is 454 g/mol. The molecule has 2 aromatic rings. The highest BCUT2D eigenvalue weighted by Gasteiger charge is 2.43. The van der Waals surface area contributed by atoms with Gasteiger partial charge in [-0.3, -0.25) is 14.4 Å². The molecule has 0 aromatic heterocycles. The molecule has 0 saturated carbocycles. The molecule has 2 aliphatic heterocycles. The van der Waals surface area contributed by atoms with Crippen molar-refractivity contribution in [3.8, 4) is 5.75 Å². The van der Waals surface area contributed by atoms with Gasteiger partial charge in [-0.15, -0.1) is 0 Å². The monoisotopic (exact) mass is 453 g/mol. The summed E-state index contributed by atoms with van der Waals surface area (Å²) in [6.07, 6.45) is 1.88. The number of amides is 1. The summed E-state index contributed by atoms with van der Waals surface area (Å²) in [6.45, 7) is 6.91. The molecule has 1 spiro atoms. The van der Waals surface area contributed by atoms with Crippen LogP contribution in [0.15, 0.2) is 30.3 Å². The van der Waals surface area contributed by atoms with Crippen molar-refractivity contribution in [3.05, 3.63) is 63.2 Å². The Morgan fingerprint density at radius 2 is 1.72 bits per heavy atom. The zero-order valence-electron chi connectivity index (χ0n) is 18.8. The molecule has 2 heterocycles. The minimum Gasteiger partial charge on any atom is -0.486 e. The van der Waals surface area contributed by atoms with Crippen molar-refractivity contribution in [2.75, 3.05) is 13.1 Å². The van der Waals surface area contributed by atoms with Crippen LogP contribution in [0.25, 0.3) is 0 Å². The smallest absolute Gasteiger partial charge is 0.223 e. The molecule has 6 heteroatoms. The molecule has 0 atom stereocenters. The van der Waals surface area contributed by atoms with Gasteiger partial charge in [0.05, 0.1) is 12.0 Å². The van der Waals surface area contributed by atoms with Crippen LogP contribution in [0.5, 0.6) is 5.75 Å². The molecule has 0 unspecified atom stereocenters. The molecule has 168 valence electrons. The predicted octanol–water partition coefficient (Wildman–Crippen LogP) is 5.25. The fraction of sp³-hybridized carbons (Fsp3) is 0.423. The summed E-state index contributed by atoms with van der Waals surface area (Å²) >= 11 is 6.17. The third-order valence-electron chi connectivity index (χ3n) is 6.79. The Hall–Kier alpha value is -2.66. The largest absolute Gasteiger partial charge is 0.486 e. The summed E-state index contributed by atoms with van der Waals surface area (Å²) < 4.78 is 6.30. The number of ether oxygens (including phenoxy) is 1. The molecule has 5 nitrogen and oxygen atoms in total. The first-order valence-corrected chi connectivity index (χ1v) is 11.5. The van der Waals surface area contributed by atoms with Gasteiger partial charge in [-0.05, 0) is 55.7 Å². The van der Waals surface area contributed by atoms with Gasteiger partial charge in [-0.1, -0.05) is 23.7 Å². The summed E-state index contributed by atoms with van der Waals surface area (Å²) in [5.41, 5.74) is 3.71. The summed E-state index contributed by atoms with van der Waals surface area (Å²) in [5, 5.41) is 0.562. The van der Waals surface area contributed by atoms with E-state index in [0.717, 1.165) is 16.7 Å². The topological polar surface area (TPSA) is 63.7 Å². The van der Waals surface area contributed by atoms with Crippen LogP contribution in [0.2, 0.25) is 5.02 Å². The number of hydrogen-bond acceptors (Lipinski definition) is 4. The van der Waals surface area contributed by atoms with Gasteiger partial charge in [0.25, 0.3) is 0 Å². The minimum absolute atomic E-state index is 0.0122. The van der Waals surface area contributed by atoms with Crippen LogP contribution >= 0.6 is 11.6 Å². The SMILES string of the molecule is Cc1ccc(C(=O)CCC(=O)N2CCC3(CC2)CC(=O)c2cc(Cl)c(C)cc2O3)cc1C. The Bertz CT molecular complexity index is 1100. The second-order valence-corrected chi connectivity index (χ2v) is 9.49. The van der Waals surface area contributed by atoms with Crippen molar-refractivity contribution in [1.29, 1.82) is 0 Å². The van der Waals surface area contributed by atoms with Crippen molar-refractivity contribution >= 4 is 29.1 Å². The third kappa shape index (κ3) is 4.44. The first kappa shape index (κ1) is 22.5. The number of fused-ring (bicyclic) bond motifs is 1. The standard InChI is InChI=1S/C26H28ClNO4/c1-16-4-5-19(12-17(16)2)22(29)6-7-25(31)28-10-8-26(9-11-28)15-23(30)20-14-21(27)18(3)13-24(20)32-26/h4-5,12-14H,6-11,15H2,1-3H3. The fourth-order valence-corrected chi connectivity index (χ4v) is 4.66. The Labute approximate surface area is 193 Å². The number of ketones is 2. The van der Waals surface area contributed by atoms with Crippen LogP contribution < -0.4 is 4.74 Å². The van der Waals surface area contributed by atoms with Crippen molar-refractivity contribution in [3.63, 3.8) is 0 Å². The Morgan fingerprint density at radius 3 is 2.41 bits per heavy atom. The maximum Gasteiger partial charge on any atom is 0.223 e. The lowest BCUT2D eigenvalue weighted by Crippen LogP contribution is -2.52. The number of piperidine rings is 1. The molecule has 0 aliphatic carbocycles. The van der Waals surface area contributed by atoms with Crippen molar-refractivity contribution < 1.29 is 19.1 Å². The number of likely N-dealkylation sites (tertiary alicyclic amines) is 1. The van der Waals surface area contributed by atoms with E-state index in [2.05, 4.69) is 0 Å².